The van der Waals surface area contributed by atoms with Crippen LogP contribution in [0.2, 0.25) is 0 Å². The van der Waals surface area contributed by atoms with Gasteiger partial charge in [0.25, 0.3) is 5.91 Å². The fourth-order valence-electron chi connectivity index (χ4n) is 1.89. The first-order valence-electron chi connectivity index (χ1n) is 7.34. The van der Waals surface area contributed by atoms with E-state index in [2.05, 4.69) is 10.6 Å². The van der Waals surface area contributed by atoms with E-state index in [1.54, 1.807) is 24.3 Å². The van der Waals surface area contributed by atoms with Gasteiger partial charge in [-0.15, -0.1) is 0 Å². The molecular weight excluding hydrogens is 268 g/mol. The lowest BCUT2D eigenvalue weighted by Gasteiger charge is -2.19. The minimum absolute atomic E-state index is 0.00560. The van der Waals surface area contributed by atoms with E-state index in [0.717, 1.165) is 12.8 Å². The average Bonchev–Trinajstić information content (AvgIpc) is 3.31. The van der Waals surface area contributed by atoms with Gasteiger partial charge in [-0.3, -0.25) is 9.59 Å². The van der Waals surface area contributed by atoms with Crippen molar-refractivity contribution in [2.24, 2.45) is 11.8 Å². The molecule has 0 aromatic heterocycles. The van der Waals surface area contributed by atoms with E-state index in [1.807, 2.05) is 13.8 Å². The monoisotopic (exact) mass is 290 g/mol. The molecule has 3 N–H and O–H groups in total. The van der Waals surface area contributed by atoms with Crippen LogP contribution in [0.25, 0.3) is 0 Å². The number of aliphatic hydroxyl groups is 1. The topological polar surface area (TPSA) is 78.4 Å². The summed E-state index contributed by atoms with van der Waals surface area (Å²) in [5.41, 5.74) is 1.25. The molecule has 1 saturated carbocycles. The highest BCUT2D eigenvalue weighted by atomic mass is 16.3. The van der Waals surface area contributed by atoms with E-state index in [0.29, 0.717) is 11.3 Å². The van der Waals surface area contributed by atoms with Gasteiger partial charge < -0.3 is 15.7 Å². The molecule has 2 unspecified atom stereocenters. The summed E-state index contributed by atoms with van der Waals surface area (Å²) in [6.07, 6.45) is 1.93. The fourth-order valence-corrected chi connectivity index (χ4v) is 1.89. The highest BCUT2D eigenvalue weighted by Gasteiger charge is 2.29. The van der Waals surface area contributed by atoms with Crippen molar-refractivity contribution in [2.45, 2.75) is 32.7 Å². The van der Waals surface area contributed by atoms with Crippen molar-refractivity contribution in [3.63, 3.8) is 0 Å². The Bertz CT molecular complexity index is 509. The summed E-state index contributed by atoms with van der Waals surface area (Å²) in [6, 6.07) is 6.74. The average molecular weight is 290 g/mol. The number of benzene rings is 1. The second-order valence-electron chi connectivity index (χ2n) is 5.76. The minimum atomic E-state index is -0.178. The van der Waals surface area contributed by atoms with Crippen molar-refractivity contribution >= 4 is 17.5 Å². The first-order chi connectivity index (χ1) is 10.0. The van der Waals surface area contributed by atoms with Gasteiger partial charge >= 0.3 is 0 Å². The molecule has 2 rings (SSSR count). The standard InChI is InChI=1S/C16H22N2O3/c1-10(9-19)11(2)17-15(20)13-5-7-14(8-6-13)18-16(21)12-3-4-12/h5-8,10-12,19H,3-4,9H2,1-2H3,(H,17,20)(H,18,21). The van der Waals surface area contributed by atoms with E-state index < -0.39 is 0 Å². The van der Waals surface area contributed by atoms with E-state index >= 15 is 0 Å². The summed E-state index contributed by atoms with van der Waals surface area (Å²) >= 11 is 0. The second kappa shape index (κ2) is 6.72. The molecule has 1 aromatic rings. The van der Waals surface area contributed by atoms with Crippen LogP contribution < -0.4 is 10.6 Å². The fraction of sp³-hybridized carbons (Fsp3) is 0.500. The Balaban J connectivity index is 1.91. The third-order valence-corrected chi connectivity index (χ3v) is 3.86. The van der Waals surface area contributed by atoms with Crippen LogP contribution in [0.15, 0.2) is 24.3 Å². The number of nitrogens with one attached hydrogen (secondary N) is 2. The third-order valence-electron chi connectivity index (χ3n) is 3.86. The SMILES string of the molecule is CC(CO)C(C)NC(=O)c1ccc(NC(=O)C2CC2)cc1. The highest BCUT2D eigenvalue weighted by molar-refractivity contribution is 5.96. The van der Waals surface area contributed by atoms with Crippen molar-refractivity contribution in [2.75, 3.05) is 11.9 Å². The number of carbonyl (C=O) groups excluding carboxylic acids is 2. The predicted octanol–water partition coefficient (Wildman–Crippen LogP) is 1.78. The van der Waals surface area contributed by atoms with Crippen molar-refractivity contribution in [3.8, 4) is 0 Å². The number of hydrogen-bond acceptors (Lipinski definition) is 3. The molecule has 2 amide bonds. The summed E-state index contributed by atoms with van der Waals surface area (Å²) in [7, 11) is 0. The van der Waals surface area contributed by atoms with Gasteiger partial charge in [0.15, 0.2) is 0 Å². The number of aliphatic hydroxyl groups excluding tert-OH is 1. The quantitative estimate of drug-likeness (QED) is 0.747. The van der Waals surface area contributed by atoms with Crippen molar-refractivity contribution in [1.29, 1.82) is 0 Å². The number of amides is 2. The van der Waals surface area contributed by atoms with Crippen LogP contribution in [0.4, 0.5) is 5.69 Å². The summed E-state index contributed by atoms with van der Waals surface area (Å²) in [5.74, 6) is 0.0420. The Hall–Kier alpha value is -1.88. The van der Waals surface area contributed by atoms with E-state index in [1.165, 1.54) is 0 Å². The normalized spacial score (nSPS) is 16.9. The number of hydrogen-bond donors (Lipinski definition) is 3. The Morgan fingerprint density at radius 3 is 2.38 bits per heavy atom. The minimum Gasteiger partial charge on any atom is -0.396 e. The summed E-state index contributed by atoms with van der Waals surface area (Å²) < 4.78 is 0. The van der Waals surface area contributed by atoms with Crippen molar-refractivity contribution < 1.29 is 14.7 Å². The smallest absolute Gasteiger partial charge is 0.251 e. The molecule has 2 atom stereocenters. The second-order valence-corrected chi connectivity index (χ2v) is 5.76. The summed E-state index contributed by atoms with van der Waals surface area (Å²) in [6.45, 7) is 3.78. The molecule has 0 heterocycles. The first kappa shape index (κ1) is 15.5. The number of carbonyl (C=O) groups is 2. The zero-order valence-electron chi connectivity index (χ0n) is 12.4. The lowest BCUT2D eigenvalue weighted by Crippen LogP contribution is -2.38. The lowest BCUT2D eigenvalue weighted by molar-refractivity contribution is -0.117. The van der Waals surface area contributed by atoms with Crippen molar-refractivity contribution in [3.05, 3.63) is 29.8 Å². The molecule has 0 radical (unpaired) electrons. The van der Waals surface area contributed by atoms with Gasteiger partial charge in [0, 0.05) is 29.8 Å². The maximum atomic E-state index is 12.0. The van der Waals surface area contributed by atoms with E-state index in [-0.39, 0.29) is 36.3 Å². The van der Waals surface area contributed by atoms with Gasteiger partial charge in [-0.1, -0.05) is 6.92 Å². The van der Waals surface area contributed by atoms with Gasteiger partial charge in [-0.05, 0) is 49.9 Å². The predicted molar refractivity (Wildman–Crippen MR) is 81.0 cm³/mol. The molecule has 0 bridgehead atoms. The molecular formula is C16H22N2O3. The summed E-state index contributed by atoms with van der Waals surface area (Å²) in [5, 5.41) is 14.8. The van der Waals surface area contributed by atoms with Crippen LogP contribution >= 0.6 is 0 Å². The maximum absolute atomic E-state index is 12.0. The number of anilines is 1. The Kier molecular flexibility index (Phi) is 4.96. The number of rotatable bonds is 6. The van der Waals surface area contributed by atoms with Gasteiger partial charge in [0.2, 0.25) is 5.91 Å². The van der Waals surface area contributed by atoms with Crippen LogP contribution in [0, 0.1) is 11.8 Å². The highest BCUT2D eigenvalue weighted by Crippen LogP contribution is 2.30. The molecule has 114 valence electrons. The Labute approximate surface area is 124 Å². The molecule has 1 fully saturated rings. The molecule has 1 aliphatic carbocycles. The van der Waals surface area contributed by atoms with Crippen LogP contribution in [-0.2, 0) is 4.79 Å². The molecule has 0 saturated heterocycles. The van der Waals surface area contributed by atoms with Crippen LogP contribution in [0.5, 0.6) is 0 Å². The molecule has 21 heavy (non-hydrogen) atoms. The van der Waals surface area contributed by atoms with Gasteiger partial charge in [0.1, 0.15) is 0 Å². The maximum Gasteiger partial charge on any atom is 0.251 e. The molecule has 1 aliphatic rings. The molecule has 0 aliphatic heterocycles. The summed E-state index contributed by atoms with van der Waals surface area (Å²) in [4.78, 5) is 23.7. The largest absolute Gasteiger partial charge is 0.396 e. The van der Waals surface area contributed by atoms with Crippen LogP contribution in [0.3, 0.4) is 0 Å². The Morgan fingerprint density at radius 2 is 1.86 bits per heavy atom. The van der Waals surface area contributed by atoms with Gasteiger partial charge in [0.05, 0.1) is 0 Å². The zero-order valence-corrected chi connectivity index (χ0v) is 12.4. The molecule has 5 nitrogen and oxygen atoms in total. The third kappa shape index (κ3) is 4.29. The van der Waals surface area contributed by atoms with Crippen LogP contribution in [-0.4, -0.2) is 29.6 Å². The van der Waals surface area contributed by atoms with Crippen LogP contribution in [0.1, 0.15) is 37.0 Å². The molecule has 1 aromatic carbocycles. The molecule has 5 heteroatoms. The molecule has 0 spiro atoms. The van der Waals surface area contributed by atoms with Gasteiger partial charge in [-0.25, -0.2) is 0 Å². The van der Waals surface area contributed by atoms with Crippen molar-refractivity contribution in [1.82, 2.24) is 5.32 Å². The Morgan fingerprint density at radius 1 is 1.24 bits per heavy atom. The van der Waals surface area contributed by atoms with Gasteiger partial charge in [-0.2, -0.15) is 0 Å². The lowest BCUT2D eigenvalue weighted by atomic mass is 10.0. The van der Waals surface area contributed by atoms with E-state index in [9.17, 15) is 9.59 Å². The van der Waals surface area contributed by atoms with E-state index in [4.69, 9.17) is 5.11 Å². The zero-order chi connectivity index (χ0) is 15.4. The first-order valence-corrected chi connectivity index (χ1v) is 7.34.